The number of nitrogens with zero attached hydrogens (tertiary/aromatic N) is 5. The van der Waals surface area contributed by atoms with E-state index in [-0.39, 0.29) is 5.69 Å². The van der Waals surface area contributed by atoms with Crippen molar-refractivity contribution in [2.75, 3.05) is 0 Å². The van der Waals surface area contributed by atoms with Crippen LogP contribution in [0.25, 0.3) is 27.6 Å². The fourth-order valence-corrected chi connectivity index (χ4v) is 3.62. The van der Waals surface area contributed by atoms with Gasteiger partial charge < -0.3 is 0 Å². The van der Waals surface area contributed by atoms with Crippen LogP contribution in [-0.4, -0.2) is 23.9 Å². The summed E-state index contributed by atoms with van der Waals surface area (Å²) in [6.45, 7) is 3.90. The van der Waals surface area contributed by atoms with Gasteiger partial charge in [0.1, 0.15) is 0 Å². The van der Waals surface area contributed by atoms with Crippen LogP contribution in [-0.2, 0) is 14.1 Å². The summed E-state index contributed by atoms with van der Waals surface area (Å²) in [5, 5.41) is 5.40. The van der Waals surface area contributed by atoms with Crippen molar-refractivity contribution in [2.45, 2.75) is 13.8 Å². The number of pyridine rings is 1. The number of imidazole rings is 1. The first kappa shape index (κ1) is 15.1. The molecule has 0 saturated heterocycles. The Bertz CT molecular complexity index is 1180. The van der Waals surface area contributed by atoms with Gasteiger partial charge in [0.05, 0.1) is 39.8 Å². The Morgan fingerprint density at radius 1 is 1.17 bits per heavy atom. The monoisotopic (exact) mass is 385 g/mol. The summed E-state index contributed by atoms with van der Waals surface area (Å²) in [5.41, 5.74) is 5.01. The molecule has 0 aliphatic carbocycles. The number of aryl methyl sites for hydroxylation is 3. The van der Waals surface area contributed by atoms with Gasteiger partial charge in [-0.3, -0.25) is 18.8 Å². The smallest absolute Gasteiger partial charge is 0.293 e. The van der Waals surface area contributed by atoms with Crippen LogP contribution in [0.2, 0.25) is 0 Å². The van der Waals surface area contributed by atoms with Gasteiger partial charge in [0.15, 0.2) is 0 Å². The van der Waals surface area contributed by atoms with Gasteiger partial charge >= 0.3 is 5.69 Å². The van der Waals surface area contributed by atoms with Gasteiger partial charge in [-0.05, 0) is 32.0 Å². The number of fused-ring (bicyclic) bond motifs is 3. The van der Waals surface area contributed by atoms with Crippen LogP contribution in [0.1, 0.15) is 11.4 Å². The topological polar surface area (TPSA) is 57.6 Å². The van der Waals surface area contributed by atoms with Gasteiger partial charge in [0.25, 0.3) is 0 Å². The molecule has 3 aromatic heterocycles. The maximum Gasteiger partial charge on any atom is 0.333 e. The number of hydrogen-bond acceptors (Lipinski definition) is 3. The van der Waals surface area contributed by atoms with E-state index < -0.39 is 0 Å². The second-order valence-electron chi connectivity index (χ2n) is 5.97. The molecule has 24 heavy (non-hydrogen) atoms. The minimum Gasteiger partial charge on any atom is -0.293 e. The highest BCUT2D eigenvalue weighted by Gasteiger charge is 2.21. The molecule has 0 radical (unpaired) electrons. The van der Waals surface area contributed by atoms with Crippen molar-refractivity contribution >= 4 is 37.9 Å². The van der Waals surface area contributed by atoms with E-state index in [9.17, 15) is 4.79 Å². The van der Waals surface area contributed by atoms with Crippen LogP contribution in [0.3, 0.4) is 0 Å². The van der Waals surface area contributed by atoms with Gasteiger partial charge in [-0.15, -0.1) is 0 Å². The highest BCUT2D eigenvalue weighted by molar-refractivity contribution is 9.10. The van der Waals surface area contributed by atoms with Gasteiger partial charge in [-0.25, -0.2) is 4.79 Å². The van der Waals surface area contributed by atoms with Crippen molar-refractivity contribution in [1.29, 1.82) is 0 Å². The molecule has 0 fully saturated rings. The van der Waals surface area contributed by atoms with Crippen molar-refractivity contribution in [1.82, 2.24) is 23.9 Å². The zero-order valence-corrected chi connectivity index (χ0v) is 15.4. The second kappa shape index (κ2) is 5.04. The van der Waals surface area contributed by atoms with E-state index in [1.54, 1.807) is 27.1 Å². The number of halogens is 1. The fourth-order valence-electron chi connectivity index (χ4n) is 3.26. The number of benzene rings is 1. The standard InChI is InChI=1S/C17H16BrN5O/c1-9-15(10(2)22(4)20-9)23-16-12-7-11(18)5-6-13(12)19-8-14(16)21(3)17(23)24/h5-8H,1-4H3. The molecular weight excluding hydrogens is 370 g/mol. The van der Waals surface area contributed by atoms with Crippen molar-refractivity contribution in [3.8, 4) is 5.69 Å². The normalized spacial score (nSPS) is 11.7. The molecule has 0 atom stereocenters. The van der Waals surface area contributed by atoms with Crippen LogP contribution in [0.4, 0.5) is 0 Å². The molecule has 122 valence electrons. The van der Waals surface area contributed by atoms with Crippen molar-refractivity contribution in [3.63, 3.8) is 0 Å². The molecule has 1 aromatic carbocycles. The molecule has 3 heterocycles. The summed E-state index contributed by atoms with van der Waals surface area (Å²) in [6.07, 6.45) is 1.75. The third-order valence-electron chi connectivity index (χ3n) is 4.54. The minimum absolute atomic E-state index is 0.0986. The molecule has 0 spiro atoms. The Balaban J connectivity index is 2.29. The summed E-state index contributed by atoms with van der Waals surface area (Å²) < 4.78 is 6.14. The summed E-state index contributed by atoms with van der Waals surface area (Å²) >= 11 is 3.52. The lowest BCUT2D eigenvalue weighted by atomic mass is 10.2. The Morgan fingerprint density at radius 2 is 1.92 bits per heavy atom. The first-order valence-electron chi connectivity index (χ1n) is 7.56. The molecular formula is C17H16BrN5O. The van der Waals surface area contributed by atoms with Gasteiger partial charge in [-0.1, -0.05) is 15.9 Å². The van der Waals surface area contributed by atoms with Gasteiger partial charge in [0.2, 0.25) is 0 Å². The average molecular weight is 386 g/mol. The van der Waals surface area contributed by atoms with Crippen LogP contribution in [0, 0.1) is 13.8 Å². The van der Waals surface area contributed by atoms with Gasteiger partial charge in [-0.2, -0.15) is 5.10 Å². The lowest BCUT2D eigenvalue weighted by Gasteiger charge is -2.07. The number of aromatic nitrogens is 5. The lowest BCUT2D eigenvalue weighted by Crippen LogP contribution is -2.21. The fraction of sp³-hybridized carbons (Fsp3) is 0.235. The zero-order valence-electron chi connectivity index (χ0n) is 13.8. The molecule has 0 N–H and O–H groups in total. The van der Waals surface area contributed by atoms with E-state index in [4.69, 9.17) is 0 Å². The molecule has 4 rings (SSSR count). The van der Waals surface area contributed by atoms with Crippen LogP contribution < -0.4 is 5.69 Å². The molecule has 0 saturated carbocycles. The first-order valence-corrected chi connectivity index (χ1v) is 8.35. The van der Waals surface area contributed by atoms with E-state index in [1.165, 1.54) is 0 Å². The third kappa shape index (κ3) is 1.91. The van der Waals surface area contributed by atoms with Crippen molar-refractivity contribution in [2.24, 2.45) is 14.1 Å². The Hall–Kier alpha value is -2.41. The SMILES string of the molecule is Cc1nn(C)c(C)c1-n1c(=O)n(C)c2cnc3ccc(Br)cc3c21. The number of rotatable bonds is 1. The van der Waals surface area contributed by atoms with Crippen LogP contribution in [0.15, 0.2) is 33.7 Å². The minimum atomic E-state index is -0.0986. The summed E-state index contributed by atoms with van der Waals surface area (Å²) in [4.78, 5) is 17.5. The van der Waals surface area contributed by atoms with Crippen LogP contribution in [0.5, 0.6) is 0 Å². The van der Waals surface area contributed by atoms with E-state index >= 15 is 0 Å². The molecule has 0 unspecified atom stereocenters. The maximum atomic E-state index is 13.0. The number of hydrogen-bond donors (Lipinski definition) is 0. The van der Waals surface area contributed by atoms with E-state index in [2.05, 4.69) is 26.0 Å². The highest BCUT2D eigenvalue weighted by Crippen LogP contribution is 2.29. The summed E-state index contributed by atoms with van der Waals surface area (Å²) in [5.74, 6) is 0. The second-order valence-corrected chi connectivity index (χ2v) is 6.89. The predicted octanol–water partition coefficient (Wildman–Crippen LogP) is 2.99. The Morgan fingerprint density at radius 3 is 2.58 bits per heavy atom. The van der Waals surface area contributed by atoms with E-state index in [0.717, 1.165) is 43.5 Å². The maximum absolute atomic E-state index is 13.0. The molecule has 6 nitrogen and oxygen atoms in total. The molecule has 4 aromatic rings. The van der Waals surface area contributed by atoms with E-state index in [1.807, 2.05) is 39.1 Å². The predicted molar refractivity (Wildman–Crippen MR) is 97.8 cm³/mol. The summed E-state index contributed by atoms with van der Waals surface area (Å²) in [6, 6.07) is 5.90. The van der Waals surface area contributed by atoms with Crippen molar-refractivity contribution < 1.29 is 0 Å². The first-order chi connectivity index (χ1) is 11.4. The Labute approximate surface area is 146 Å². The average Bonchev–Trinajstić information content (AvgIpc) is 2.94. The summed E-state index contributed by atoms with van der Waals surface area (Å²) in [7, 11) is 3.66. The van der Waals surface area contributed by atoms with Crippen molar-refractivity contribution in [3.05, 3.63) is 50.7 Å². The quantitative estimate of drug-likeness (QED) is 0.506. The third-order valence-corrected chi connectivity index (χ3v) is 5.03. The van der Waals surface area contributed by atoms with E-state index in [0.29, 0.717) is 0 Å². The Kier molecular flexibility index (Phi) is 3.18. The lowest BCUT2D eigenvalue weighted by molar-refractivity contribution is 0.730. The molecule has 0 aliphatic heterocycles. The van der Waals surface area contributed by atoms with Gasteiger partial charge in [0, 0.05) is 24.0 Å². The zero-order chi connectivity index (χ0) is 17.2. The molecule has 0 aliphatic rings. The molecule has 0 amide bonds. The highest BCUT2D eigenvalue weighted by atomic mass is 79.9. The molecule has 0 bridgehead atoms. The largest absolute Gasteiger partial charge is 0.333 e. The van der Waals surface area contributed by atoms with Crippen LogP contribution >= 0.6 is 15.9 Å². The molecule has 7 heteroatoms.